The lowest BCUT2D eigenvalue weighted by molar-refractivity contribution is -0.123. The molecule has 1 heterocycles. The van der Waals surface area contributed by atoms with Gasteiger partial charge in [-0.2, -0.15) is 20.8 Å². The molecule has 0 unspecified atom stereocenters. The molecule has 0 N–H and O–H groups in total. The second-order valence-electron chi connectivity index (χ2n) is 5.52. The van der Waals surface area contributed by atoms with Crippen LogP contribution in [0.25, 0.3) is 5.57 Å². The molecular weight excluding hydrogens is 360 g/mol. The molecule has 0 bridgehead atoms. The summed E-state index contributed by atoms with van der Waals surface area (Å²) in [6.45, 7) is 0. The maximum absolute atomic E-state index is 12.9. The normalized spacial score (nSPS) is 14.1. The van der Waals surface area contributed by atoms with Gasteiger partial charge in [-0.25, -0.2) is 0 Å². The summed E-state index contributed by atoms with van der Waals surface area (Å²) in [7, 11) is 2.79. The minimum atomic E-state index is -0.712. The molecule has 1 aliphatic rings. The number of carbonyl (C=O) groups is 1. The van der Waals surface area contributed by atoms with E-state index in [4.69, 9.17) is 14.3 Å². The van der Waals surface area contributed by atoms with Crippen LogP contribution in [0.2, 0.25) is 0 Å². The number of amides is 1. The molecule has 8 nitrogen and oxygen atoms in total. The zero-order valence-electron chi connectivity index (χ0n) is 14.9. The highest BCUT2D eigenvalue weighted by Crippen LogP contribution is 2.39. The number of hydroxylamine groups is 1. The van der Waals surface area contributed by atoms with Crippen LogP contribution in [0.4, 0.5) is 5.69 Å². The highest BCUT2D eigenvalue weighted by molar-refractivity contribution is 6.12. The van der Waals surface area contributed by atoms with Crippen molar-refractivity contribution >= 4 is 17.2 Å². The maximum atomic E-state index is 12.9. The summed E-state index contributed by atoms with van der Waals surface area (Å²) < 4.78 is 10.8. The van der Waals surface area contributed by atoms with E-state index in [1.165, 1.54) is 26.4 Å². The molecule has 2 aromatic rings. The lowest BCUT2D eigenvalue weighted by Crippen LogP contribution is -2.37. The van der Waals surface area contributed by atoms with E-state index in [1.807, 2.05) is 18.2 Å². The van der Waals surface area contributed by atoms with Gasteiger partial charge in [0, 0.05) is 6.07 Å². The van der Waals surface area contributed by atoms with Crippen LogP contribution in [0.3, 0.4) is 0 Å². The smallest absolute Gasteiger partial charge is 0.319 e. The molecule has 2 aromatic carbocycles. The van der Waals surface area contributed by atoms with Crippen LogP contribution >= 0.6 is 0 Å². The number of hydrogen-bond acceptors (Lipinski definition) is 7. The summed E-state index contributed by atoms with van der Waals surface area (Å²) in [5.41, 5.74) is 0.749. The highest BCUT2D eigenvalue weighted by atomic mass is 16.7. The van der Waals surface area contributed by atoms with Crippen LogP contribution in [0.5, 0.6) is 11.5 Å². The van der Waals surface area contributed by atoms with Crippen molar-refractivity contribution < 1.29 is 19.1 Å². The molecule has 0 saturated heterocycles. The topological polar surface area (TPSA) is 119 Å². The number of ether oxygens (including phenoxy) is 2. The van der Waals surface area contributed by atoms with Gasteiger partial charge in [-0.05, 0) is 35.9 Å². The van der Waals surface area contributed by atoms with Crippen LogP contribution in [0, 0.1) is 34.0 Å². The van der Waals surface area contributed by atoms with Gasteiger partial charge in [0.25, 0.3) is 0 Å². The Hall–Kier alpha value is -4.32. The SMILES string of the molecule is COc1ccc(/C(C#N)=C2/Oc3cc(C#N)c(C#N)cc3N(OC)C2=O)cc1. The molecule has 0 aliphatic carbocycles. The largest absolute Gasteiger partial charge is 0.497 e. The lowest BCUT2D eigenvalue weighted by Gasteiger charge is -2.29. The van der Waals surface area contributed by atoms with Crippen molar-refractivity contribution in [3.8, 4) is 29.7 Å². The molecule has 136 valence electrons. The number of methoxy groups -OCH3 is 1. The Bertz CT molecular complexity index is 1120. The molecule has 0 radical (unpaired) electrons. The van der Waals surface area contributed by atoms with E-state index in [0.717, 1.165) is 5.06 Å². The predicted molar refractivity (Wildman–Crippen MR) is 96.5 cm³/mol. The van der Waals surface area contributed by atoms with Crippen LogP contribution in [-0.2, 0) is 9.63 Å². The van der Waals surface area contributed by atoms with Crippen LogP contribution in [-0.4, -0.2) is 20.1 Å². The predicted octanol–water partition coefficient (Wildman–Crippen LogP) is 2.66. The molecule has 1 amide bonds. The first-order valence-corrected chi connectivity index (χ1v) is 7.91. The van der Waals surface area contributed by atoms with Gasteiger partial charge in [0.15, 0.2) is 5.75 Å². The first-order chi connectivity index (χ1) is 13.6. The van der Waals surface area contributed by atoms with Crippen molar-refractivity contribution in [1.82, 2.24) is 0 Å². The Balaban J connectivity index is 2.20. The molecule has 1 aliphatic heterocycles. The first-order valence-electron chi connectivity index (χ1n) is 7.91. The summed E-state index contributed by atoms with van der Waals surface area (Å²) in [4.78, 5) is 18.0. The molecule has 0 atom stereocenters. The molecule has 8 heteroatoms. The Morgan fingerprint density at radius 2 is 1.68 bits per heavy atom. The van der Waals surface area contributed by atoms with E-state index in [9.17, 15) is 20.6 Å². The highest BCUT2D eigenvalue weighted by Gasteiger charge is 2.35. The Kier molecular flexibility index (Phi) is 4.95. The number of rotatable bonds is 3. The number of hydrogen-bond donors (Lipinski definition) is 0. The fraction of sp³-hybridized carbons (Fsp3) is 0.100. The molecule has 0 aromatic heterocycles. The van der Waals surface area contributed by atoms with E-state index >= 15 is 0 Å². The Morgan fingerprint density at radius 1 is 1.04 bits per heavy atom. The van der Waals surface area contributed by atoms with Crippen molar-refractivity contribution in [3.05, 3.63) is 58.8 Å². The molecular formula is C20H12N4O4. The van der Waals surface area contributed by atoms with Crippen LogP contribution in [0.1, 0.15) is 16.7 Å². The van der Waals surface area contributed by atoms with Gasteiger partial charge < -0.3 is 9.47 Å². The number of fused-ring (bicyclic) bond motifs is 1. The Labute approximate surface area is 160 Å². The summed E-state index contributed by atoms with van der Waals surface area (Å²) in [5, 5.41) is 29.0. The van der Waals surface area contributed by atoms with E-state index < -0.39 is 5.91 Å². The number of carbonyl (C=O) groups excluding carboxylic acids is 1. The first kappa shape index (κ1) is 18.5. The van der Waals surface area contributed by atoms with Gasteiger partial charge >= 0.3 is 5.91 Å². The van der Waals surface area contributed by atoms with Crippen molar-refractivity contribution in [1.29, 1.82) is 15.8 Å². The summed E-state index contributed by atoms with van der Waals surface area (Å²) in [6.07, 6.45) is 0. The number of benzene rings is 2. The van der Waals surface area contributed by atoms with Gasteiger partial charge in [0.1, 0.15) is 35.2 Å². The van der Waals surface area contributed by atoms with Gasteiger partial charge in [-0.15, -0.1) is 0 Å². The maximum Gasteiger partial charge on any atom is 0.319 e. The molecule has 28 heavy (non-hydrogen) atoms. The average molecular weight is 372 g/mol. The third kappa shape index (κ3) is 2.99. The average Bonchev–Trinajstić information content (AvgIpc) is 2.74. The van der Waals surface area contributed by atoms with Crippen molar-refractivity contribution in [2.45, 2.75) is 0 Å². The standard InChI is InChI=1S/C20H12N4O4/c1-26-15-5-3-12(4-6-15)16(11-23)19-20(25)24(27-2)17-7-13(9-21)14(10-22)8-18(17)28-19/h3-8H,1-2H3/b19-16+. The summed E-state index contributed by atoms with van der Waals surface area (Å²) in [6, 6.07) is 15.0. The zero-order chi connectivity index (χ0) is 20.3. The quantitative estimate of drug-likeness (QED) is 0.600. The fourth-order valence-electron chi connectivity index (χ4n) is 2.69. The minimum absolute atomic E-state index is 0.0109. The molecule has 0 saturated carbocycles. The van der Waals surface area contributed by atoms with Gasteiger partial charge in [-0.3, -0.25) is 9.63 Å². The zero-order valence-corrected chi connectivity index (χ0v) is 14.9. The minimum Gasteiger partial charge on any atom is -0.497 e. The third-order valence-corrected chi connectivity index (χ3v) is 4.05. The third-order valence-electron chi connectivity index (χ3n) is 4.05. The summed E-state index contributed by atoms with van der Waals surface area (Å²) in [5.74, 6) is -0.256. The van der Waals surface area contributed by atoms with Gasteiger partial charge in [0.05, 0.1) is 25.3 Å². The summed E-state index contributed by atoms with van der Waals surface area (Å²) >= 11 is 0. The van der Waals surface area contributed by atoms with Crippen LogP contribution in [0.15, 0.2) is 42.2 Å². The number of nitriles is 3. The van der Waals surface area contributed by atoms with E-state index in [2.05, 4.69) is 0 Å². The molecule has 0 fully saturated rings. The van der Waals surface area contributed by atoms with Crippen molar-refractivity contribution in [2.24, 2.45) is 0 Å². The number of allylic oxidation sites excluding steroid dienone is 1. The van der Waals surface area contributed by atoms with Crippen LogP contribution < -0.4 is 14.5 Å². The monoisotopic (exact) mass is 372 g/mol. The van der Waals surface area contributed by atoms with Gasteiger partial charge in [0.2, 0.25) is 5.76 Å². The second kappa shape index (κ2) is 7.51. The van der Waals surface area contributed by atoms with Crippen molar-refractivity contribution in [3.63, 3.8) is 0 Å². The van der Waals surface area contributed by atoms with Gasteiger partial charge in [-0.1, -0.05) is 0 Å². The molecule has 0 spiro atoms. The fourth-order valence-corrected chi connectivity index (χ4v) is 2.69. The number of nitrogens with zero attached hydrogens (tertiary/aromatic N) is 4. The van der Waals surface area contributed by atoms with E-state index in [-0.39, 0.29) is 33.9 Å². The van der Waals surface area contributed by atoms with Crippen molar-refractivity contribution in [2.75, 3.05) is 19.3 Å². The number of anilines is 1. The molecule has 3 rings (SSSR count). The van der Waals surface area contributed by atoms with E-state index in [1.54, 1.807) is 24.3 Å². The Morgan fingerprint density at radius 3 is 2.21 bits per heavy atom. The van der Waals surface area contributed by atoms with E-state index in [0.29, 0.717) is 11.3 Å². The second-order valence-corrected chi connectivity index (χ2v) is 5.52. The lowest BCUT2D eigenvalue weighted by atomic mass is 10.0.